The standard InChI is InChI=1S/C30H34F6N6O3/c1-17-12-23-24(8-7-11-41(27(23)19(3)18(17)2)25(43)9-6-10-26(44)45-5)42(28-37-39-40(4)38-28)16-20-13-21(29(31,32)33)15-22(14-20)30(34,35)36/h12-15,24H,6-11,16H2,1-5H3. The first-order valence-corrected chi connectivity index (χ1v) is 14.3. The zero-order valence-electron chi connectivity index (χ0n) is 25.5. The molecule has 0 saturated heterocycles. The van der Waals surface area contributed by atoms with E-state index in [1.165, 1.54) is 14.2 Å². The first kappa shape index (κ1) is 33.7. The van der Waals surface area contributed by atoms with Gasteiger partial charge in [-0.05, 0) is 91.3 Å². The molecule has 1 aliphatic heterocycles. The van der Waals surface area contributed by atoms with Crippen molar-refractivity contribution < 1.29 is 40.7 Å². The average Bonchev–Trinajstić information content (AvgIpc) is 3.30. The van der Waals surface area contributed by atoms with Crippen LogP contribution in [0.4, 0.5) is 38.0 Å². The van der Waals surface area contributed by atoms with Crippen molar-refractivity contribution in [2.75, 3.05) is 23.5 Å². The van der Waals surface area contributed by atoms with Crippen molar-refractivity contribution in [1.82, 2.24) is 20.2 Å². The number of ether oxygens (including phenoxy) is 1. The van der Waals surface area contributed by atoms with Crippen LogP contribution < -0.4 is 9.80 Å². The minimum atomic E-state index is -5.01. The zero-order valence-corrected chi connectivity index (χ0v) is 25.5. The van der Waals surface area contributed by atoms with E-state index in [0.717, 1.165) is 21.5 Å². The number of carbonyl (C=O) groups excluding carboxylic acids is 2. The largest absolute Gasteiger partial charge is 0.469 e. The van der Waals surface area contributed by atoms with Crippen LogP contribution in [0.25, 0.3) is 0 Å². The number of aromatic nitrogens is 4. The van der Waals surface area contributed by atoms with E-state index in [9.17, 15) is 35.9 Å². The summed E-state index contributed by atoms with van der Waals surface area (Å²) in [6.07, 6.45) is -8.78. The summed E-state index contributed by atoms with van der Waals surface area (Å²) in [6.45, 7) is 5.58. The molecule has 1 aliphatic rings. The Hall–Kier alpha value is -4.17. The Balaban J connectivity index is 1.84. The summed E-state index contributed by atoms with van der Waals surface area (Å²) in [5.41, 5.74) is 0.802. The van der Waals surface area contributed by atoms with Crippen LogP contribution in [-0.2, 0) is 40.3 Å². The monoisotopic (exact) mass is 640 g/mol. The highest BCUT2D eigenvalue weighted by molar-refractivity contribution is 5.96. The maximum absolute atomic E-state index is 13.7. The van der Waals surface area contributed by atoms with Gasteiger partial charge in [0.1, 0.15) is 0 Å². The Morgan fingerprint density at radius 2 is 1.62 bits per heavy atom. The molecule has 2 heterocycles. The van der Waals surface area contributed by atoms with Gasteiger partial charge in [0.05, 0.1) is 37.0 Å². The number of fused-ring (bicyclic) bond motifs is 1. The van der Waals surface area contributed by atoms with E-state index in [4.69, 9.17) is 0 Å². The summed E-state index contributed by atoms with van der Waals surface area (Å²) >= 11 is 0. The smallest absolute Gasteiger partial charge is 0.416 e. The number of amides is 1. The molecule has 0 fully saturated rings. The Bertz CT molecular complexity index is 1540. The number of halogens is 6. The number of esters is 1. The molecule has 0 spiro atoms. The molecule has 4 rings (SSSR count). The van der Waals surface area contributed by atoms with E-state index in [0.29, 0.717) is 42.8 Å². The topological polar surface area (TPSA) is 93.5 Å². The van der Waals surface area contributed by atoms with Crippen molar-refractivity contribution >= 4 is 23.5 Å². The van der Waals surface area contributed by atoms with Gasteiger partial charge >= 0.3 is 18.3 Å². The molecule has 2 aromatic carbocycles. The number of nitrogens with zero attached hydrogens (tertiary/aromatic N) is 6. The highest BCUT2D eigenvalue weighted by atomic mass is 19.4. The minimum Gasteiger partial charge on any atom is -0.469 e. The number of tetrazole rings is 1. The fraction of sp³-hybridized carbons (Fsp3) is 0.500. The lowest BCUT2D eigenvalue weighted by Crippen LogP contribution is -2.33. The van der Waals surface area contributed by atoms with Crippen molar-refractivity contribution in [1.29, 1.82) is 0 Å². The predicted molar refractivity (Wildman–Crippen MR) is 152 cm³/mol. The maximum atomic E-state index is 13.7. The Morgan fingerprint density at radius 1 is 0.978 bits per heavy atom. The van der Waals surface area contributed by atoms with Gasteiger partial charge in [-0.2, -0.15) is 31.1 Å². The lowest BCUT2D eigenvalue weighted by Gasteiger charge is -2.33. The maximum Gasteiger partial charge on any atom is 0.416 e. The average molecular weight is 641 g/mol. The van der Waals surface area contributed by atoms with Gasteiger partial charge < -0.3 is 14.5 Å². The number of hydrogen-bond donors (Lipinski definition) is 0. The molecule has 3 aromatic rings. The molecule has 244 valence electrons. The van der Waals surface area contributed by atoms with E-state index in [1.807, 2.05) is 26.8 Å². The van der Waals surface area contributed by atoms with Crippen molar-refractivity contribution in [3.8, 4) is 0 Å². The molecule has 15 heteroatoms. The van der Waals surface area contributed by atoms with Crippen LogP contribution in [0.3, 0.4) is 0 Å². The number of methoxy groups -OCH3 is 1. The van der Waals surface area contributed by atoms with E-state index in [1.54, 1.807) is 9.80 Å². The summed E-state index contributed by atoms with van der Waals surface area (Å²) in [5.74, 6) is -0.644. The molecule has 0 bridgehead atoms. The van der Waals surface area contributed by atoms with Gasteiger partial charge in [-0.15, -0.1) is 5.10 Å². The third-order valence-electron chi connectivity index (χ3n) is 8.07. The fourth-order valence-corrected chi connectivity index (χ4v) is 5.63. The van der Waals surface area contributed by atoms with E-state index in [2.05, 4.69) is 20.1 Å². The molecule has 0 N–H and O–H groups in total. The lowest BCUT2D eigenvalue weighted by molar-refractivity contribution is -0.143. The number of carbonyl (C=O) groups is 2. The Labute approximate surface area is 256 Å². The van der Waals surface area contributed by atoms with Crippen LogP contribution in [0.5, 0.6) is 0 Å². The summed E-state index contributed by atoms with van der Waals surface area (Å²) in [5, 5.41) is 12.2. The van der Waals surface area contributed by atoms with Gasteiger partial charge in [0, 0.05) is 25.9 Å². The van der Waals surface area contributed by atoms with E-state index in [-0.39, 0.29) is 42.7 Å². The van der Waals surface area contributed by atoms with Crippen LogP contribution >= 0.6 is 0 Å². The molecule has 45 heavy (non-hydrogen) atoms. The van der Waals surface area contributed by atoms with Gasteiger partial charge in [0.15, 0.2) is 0 Å². The van der Waals surface area contributed by atoms with Gasteiger partial charge in [-0.1, -0.05) is 11.2 Å². The number of aryl methyl sites for hydroxylation is 2. The SMILES string of the molecule is COC(=O)CCCC(=O)N1CCCC(N(Cc2cc(C(F)(F)F)cc(C(F)(F)F)c2)c2nnn(C)n2)c2cc(C)c(C)c(C)c21. The molecular weight excluding hydrogens is 606 g/mol. The number of alkyl halides is 6. The third kappa shape index (κ3) is 7.56. The number of anilines is 2. The molecule has 1 unspecified atom stereocenters. The van der Waals surface area contributed by atoms with Crippen LogP contribution in [-0.4, -0.2) is 45.7 Å². The highest BCUT2D eigenvalue weighted by Gasteiger charge is 2.38. The molecule has 1 aromatic heterocycles. The third-order valence-corrected chi connectivity index (χ3v) is 8.07. The summed E-state index contributed by atoms with van der Waals surface area (Å²) in [7, 11) is 2.76. The lowest BCUT2D eigenvalue weighted by atomic mass is 9.91. The van der Waals surface area contributed by atoms with Gasteiger partial charge in [-0.25, -0.2) is 0 Å². The predicted octanol–water partition coefficient (Wildman–Crippen LogP) is 6.39. The van der Waals surface area contributed by atoms with Gasteiger partial charge in [-0.3, -0.25) is 9.59 Å². The van der Waals surface area contributed by atoms with Crippen molar-refractivity contribution in [3.63, 3.8) is 0 Å². The second kappa shape index (κ2) is 13.1. The Kier molecular flexibility index (Phi) is 9.78. The molecule has 0 aliphatic carbocycles. The molecule has 9 nitrogen and oxygen atoms in total. The Morgan fingerprint density at radius 3 is 2.18 bits per heavy atom. The second-order valence-electron chi connectivity index (χ2n) is 11.1. The van der Waals surface area contributed by atoms with Gasteiger partial charge in [0.25, 0.3) is 5.95 Å². The second-order valence-corrected chi connectivity index (χ2v) is 11.1. The molecular formula is C30H34F6N6O3. The van der Waals surface area contributed by atoms with Crippen molar-refractivity contribution in [2.24, 2.45) is 7.05 Å². The number of hydrogen-bond acceptors (Lipinski definition) is 7. The van der Waals surface area contributed by atoms with E-state index < -0.39 is 42.0 Å². The normalized spacial score (nSPS) is 15.4. The quantitative estimate of drug-likeness (QED) is 0.208. The zero-order chi connectivity index (χ0) is 33.3. The fourth-order valence-electron chi connectivity index (χ4n) is 5.63. The summed E-state index contributed by atoms with van der Waals surface area (Å²) in [6, 6.07) is 2.73. The van der Waals surface area contributed by atoms with E-state index >= 15 is 0 Å². The van der Waals surface area contributed by atoms with Crippen molar-refractivity contribution in [3.05, 3.63) is 63.2 Å². The molecule has 1 atom stereocenters. The first-order chi connectivity index (χ1) is 21.0. The summed E-state index contributed by atoms with van der Waals surface area (Å²) in [4.78, 5) is 29.5. The van der Waals surface area contributed by atoms with Gasteiger partial charge in [0.2, 0.25) is 5.91 Å². The molecule has 1 amide bonds. The highest BCUT2D eigenvalue weighted by Crippen LogP contribution is 2.43. The molecule has 0 radical (unpaired) electrons. The number of benzene rings is 2. The van der Waals surface area contributed by atoms with Crippen molar-refractivity contribution in [2.45, 2.75) is 77.8 Å². The first-order valence-electron chi connectivity index (χ1n) is 14.3. The summed E-state index contributed by atoms with van der Waals surface area (Å²) < 4.78 is 87.0. The van der Waals surface area contributed by atoms with Crippen LogP contribution in [0.2, 0.25) is 0 Å². The minimum absolute atomic E-state index is 0.00755. The van der Waals surface area contributed by atoms with Crippen LogP contribution in [0.15, 0.2) is 24.3 Å². The van der Waals surface area contributed by atoms with Crippen LogP contribution in [0.1, 0.15) is 77.1 Å². The molecule has 0 saturated carbocycles. The number of rotatable bonds is 8. The van der Waals surface area contributed by atoms with Crippen LogP contribution in [0, 0.1) is 20.8 Å².